The van der Waals surface area contributed by atoms with Gasteiger partial charge in [-0.3, -0.25) is 4.79 Å². The topological polar surface area (TPSA) is 55.6 Å². The quantitative estimate of drug-likeness (QED) is 0.721. The monoisotopic (exact) mass is 352 g/mol. The second-order valence-electron chi connectivity index (χ2n) is 6.15. The fraction of sp³-hybridized carbons (Fsp3) is 0.200. The van der Waals surface area contributed by atoms with Crippen molar-refractivity contribution in [3.63, 3.8) is 0 Å². The molecule has 26 heavy (non-hydrogen) atoms. The lowest BCUT2D eigenvalue weighted by Gasteiger charge is -2.26. The molecule has 0 bridgehead atoms. The van der Waals surface area contributed by atoms with Crippen LogP contribution in [0.4, 0.5) is 4.39 Å². The molecule has 2 heterocycles. The predicted molar refractivity (Wildman–Crippen MR) is 93.3 cm³/mol. The van der Waals surface area contributed by atoms with Crippen LogP contribution in [0.2, 0.25) is 0 Å². The standard InChI is InChI=1S/C20H17FN2O3/c1-25-16-8-4-14(5-9-16)20(24)23-11-10-18-17(12-23)19(26-22-18)13-2-6-15(21)7-3-13/h2-9H,10-12H2,1H3. The number of carbonyl (C=O) groups excluding carboxylic acids is 1. The Labute approximate surface area is 150 Å². The number of ether oxygens (including phenoxy) is 1. The Balaban J connectivity index is 1.59. The molecule has 0 spiro atoms. The van der Waals surface area contributed by atoms with Crippen LogP contribution in [0.5, 0.6) is 5.75 Å². The third-order valence-corrected chi connectivity index (χ3v) is 4.57. The number of hydrogen-bond donors (Lipinski definition) is 0. The van der Waals surface area contributed by atoms with Crippen molar-refractivity contribution in [3.8, 4) is 17.1 Å². The van der Waals surface area contributed by atoms with Gasteiger partial charge in [0.25, 0.3) is 5.91 Å². The lowest BCUT2D eigenvalue weighted by molar-refractivity contribution is 0.0734. The summed E-state index contributed by atoms with van der Waals surface area (Å²) in [6, 6.07) is 13.1. The van der Waals surface area contributed by atoms with Crippen LogP contribution in [0.3, 0.4) is 0 Å². The number of hydrogen-bond acceptors (Lipinski definition) is 4. The minimum absolute atomic E-state index is 0.0513. The minimum Gasteiger partial charge on any atom is -0.497 e. The SMILES string of the molecule is COc1ccc(C(=O)N2CCc3noc(-c4ccc(F)cc4)c3C2)cc1. The zero-order valence-electron chi connectivity index (χ0n) is 14.2. The van der Waals surface area contributed by atoms with Gasteiger partial charge in [0.15, 0.2) is 5.76 Å². The number of benzene rings is 2. The molecule has 4 rings (SSSR count). The van der Waals surface area contributed by atoms with Gasteiger partial charge in [-0.1, -0.05) is 5.16 Å². The first-order valence-electron chi connectivity index (χ1n) is 8.32. The first kappa shape index (κ1) is 16.3. The van der Waals surface area contributed by atoms with Gasteiger partial charge in [-0.15, -0.1) is 0 Å². The zero-order chi connectivity index (χ0) is 18.1. The molecule has 0 radical (unpaired) electrons. The van der Waals surface area contributed by atoms with Gasteiger partial charge in [0.05, 0.1) is 19.3 Å². The van der Waals surface area contributed by atoms with E-state index in [4.69, 9.17) is 9.26 Å². The Morgan fingerprint density at radius 1 is 1.15 bits per heavy atom. The van der Waals surface area contributed by atoms with Gasteiger partial charge in [-0.05, 0) is 48.5 Å². The van der Waals surface area contributed by atoms with Gasteiger partial charge in [0.2, 0.25) is 0 Å². The molecule has 0 fully saturated rings. The molecule has 0 unspecified atom stereocenters. The Bertz CT molecular complexity index is 933. The second-order valence-corrected chi connectivity index (χ2v) is 6.15. The van der Waals surface area contributed by atoms with E-state index < -0.39 is 0 Å². The maximum absolute atomic E-state index is 13.2. The molecule has 6 heteroatoms. The van der Waals surface area contributed by atoms with Crippen LogP contribution in [-0.2, 0) is 13.0 Å². The number of carbonyl (C=O) groups is 1. The van der Waals surface area contributed by atoms with Crippen LogP contribution in [0, 0.1) is 5.82 Å². The van der Waals surface area contributed by atoms with Gasteiger partial charge in [-0.2, -0.15) is 0 Å². The first-order valence-corrected chi connectivity index (χ1v) is 8.32. The minimum atomic E-state index is -0.307. The average Bonchev–Trinajstić information content (AvgIpc) is 3.11. The van der Waals surface area contributed by atoms with Gasteiger partial charge in [0, 0.05) is 29.7 Å². The Morgan fingerprint density at radius 3 is 2.58 bits per heavy atom. The lowest BCUT2D eigenvalue weighted by atomic mass is 10.0. The molecule has 0 atom stereocenters. The predicted octanol–water partition coefficient (Wildman–Crippen LogP) is 3.69. The lowest BCUT2D eigenvalue weighted by Crippen LogP contribution is -2.35. The van der Waals surface area contributed by atoms with E-state index in [9.17, 15) is 9.18 Å². The summed E-state index contributed by atoms with van der Waals surface area (Å²) in [7, 11) is 1.59. The van der Waals surface area contributed by atoms with Crippen LogP contribution in [0.15, 0.2) is 53.1 Å². The van der Waals surface area contributed by atoms with Crippen LogP contribution in [0.25, 0.3) is 11.3 Å². The van der Waals surface area contributed by atoms with Crippen LogP contribution in [-0.4, -0.2) is 29.6 Å². The van der Waals surface area contributed by atoms with Gasteiger partial charge in [0.1, 0.15) is 11.6 Å². The third-order valence-electron chi connectivity index (χ3n) is 4.57. The maximum atomic E-state index is 13.2. The van der Waals surface area contributed by atoms with E-state index in [0.29, 0.717) is 36.6 Å². The molecule has 0 saturated heterocycles. The second kappa shape index (κ2) is 6.63. The van der Waals surface area contributed by atoms with E-state index in [1.807, 2.05) is 0 Å². The van der Waals surface area contributed by atoms with Crippen molar-refractivity contribution >= 4 is 5.91 Å². The van der Waals surface area contributed by atoms with E-state index in [1.54, 1.807) is 48.4 Å². The van der Waals surface area contributed by atoms with Gasteiger partial charge >= 0.3 is 0 Å². The van der Waals surface area contributed by atoms with Crippen molar-refractivity contribution in [2.45, 2.75) is 13.0 Å². The van der Waals surface area contributed by atoms with Gasteiger partial charge < -0.3 is 14.2 Å². The van der Waals surface area contributed by atoms with E-state index in [1.165, 1.54) is 12.1 Å². The number of amides is 1. The molecule has 5 nitrogen and oxygen atoms in total. The molecular formula is C20H17FN2O3. The molecule has 1 aliphatic rings. The summed E-state index contributed by atoms with van der Waals surface area (Å²) in [6.45, 7) is 0.990. The van der Waals surface area contributed by atoms with Crippen molar-refractivity contribution in [2.24, 2.45) is 0 Å². The highest BCUT2D eigenvalue weighted by Crippen LogP contribution is 2.31. The fourth-order valence-electron chi connectivity index (χ4n) is 3.13. The highest BCUT2D eigenvalue weighted by molar-refractivity contribution is 5.94. The largest absolute Gasteiger partial charge is 0.497 e. The van der Waals surface area contributed by atoms with Gasteiger partial charge in [-0.25, -0.2) is 4.39 Å². The van der Waals surface area contributed by atoms with Crippen molar-refractivity contribution in [2.75, 3.05) is 13.7 Å². The molecule has 3 aromatic rings. The summed E-state index contributed by atoms with van der Waals surface area (Å²) in [5, 5.41) is 4.12. The van der Waals surface area contributed by atoms with Crippen molar-refractivity contribution in [1.29, 1.82) is 0 Å². The molecule has 0 aliphatic carbocycles. The first-order chi connectivity index (χ1) is 12.7. The summed E-state index contributed by atoms with van der Waals surface area (Å²) >= 11 is 0. The summed E-state index contributed by atoms with van der Waals surface area (Å²) in [4.78, 5) is 14.6. The summed E-state index contributed by atoms with van der Waals surface area (Å²) in [5.74, 6) is 0.940. The molecule has 2 aromatic carbocycles. The summed E-state index contributed by atoms with van der Waals surface area (Å²) in [6.07, 6.45) is 0.627. The Kier molecular flexibility index (Phi) is 4.16. The van der Waals surface area contributed by atoms with Crippen LogP contribution < -0.4 is 4.74 Å². The fourth-order valence-corrected chi connectivity index (χ4v) is 3.13. The van der Waals surface area contributed by atoms with E-state index in [-0.39, 0.29) is 11.7 Å². The average molecular weight is 352 g/mol. The number of nitrogens with zero attached hydrogens (tertiary/aromatic N) is 2. The highest BCUT2D eigenvalue weighted by Gasteiger charge is 2.28. The highest BCUT2D eigenvalue weighted by atomic mass is 19.1. The van der Waals surface area contributed by atoms with E-state index in [2.05, 4.69) is 5.16 Å². The zero-order valence-corrected chi connectivity index (χ0v) is 14.2. The molecule has 0 N–H and O–H groups in total. The number of rotatable bonds is 3. The number of aromatic nitrogens is 1. The normalized spacial score (nSPS) is 13.4. The molecule has 132 valence electrons. The molecule has 1 aromatic heterocycles. The van der Waals surface area contributed by atoms with E-state index >= 15 is 0 Å². The van der Waals surface area contributed by atoms with E-state index in [0.717, 1.165) is 16.8 Å². The summed E-state index contributed by atoms with van der Waals surface area (Å²) in [5.41, 5.74) is 3.08. The Hall–Kier alpha value is -3.15. The number of fused-ring (bicyclic) bond motifs is 1. The molecule has 0 saturated carbocycles. The van der Waals surface area contributed by atoms with Crippen molar-refractivity contribution in [3.05, 3.63) is 71.2 Å². The smallest absolute Gasteiger partial charge is 0.254 e. The number of methoxy groups -OCH3 is 1. The van der Waals surface area contributed by atoms with Crippen molar-refractivity contribution < 1.29 is 18.4 Å². The number of halogens is 1. The molecular weight excluding hydrogens is 335 g/mol. The maximum Gasteiger partial charge on any atom is 0.254 e. The molecule has 1 aliphatic heterocycles. The Morgan fingerprint density at radius 2 is 1.88 bits per heavy atom. The van der Waals surface area contributed by atoms with Crippen LogP contribution >= 0.6 is 0 Å². The third kappa shape index (κ3) is 2.94. The summed E-state index contributed by atoms with van der Waals surface area (Å²) < 4.78 is 23.8. The van der Waals surface area contributed by atoms with Crippen molar-refractivity contribution in [1.82, 2.24) is 10.1 Å². The molecule has 1 amide bonds. The van der Waals surface area contributed by atoms with Crippen LogP contribution in [0.1, 0.15) is 21.6 Å².